The van der Waals surface area contributed by atoms with Crippen molar-refractivity contribution in [3.8, 4) is 5.75 Å². The van der Waals surface area contributed by atoms with Gasteiger partial charge in [-0.25, -0.2) is 4.39 Å². The Morgan fingerprint density at radius 3 is 2.40 bits per heavy atom. The Morgan fingerprint density at radius 1 is 1.10 bits per heavy atom. The Morgan fingerprint density at radius 2 is 1.77 bits per heavy atom. The molecule has 6 heteroatoms. The molecule has 0 heterocycles. The van der Waals surface area contributed by atoms with Gasteiger partial charge in [-0.3, -0.25) is 9.59 Å². The van der Waals surface area contributed by atoms with Crippen LogP contribution in [0.5, 0.6) is 5.75 Å². The van der Waals surface area contributed by atoms with Crippen LogP contribution in [0.15, 0.2) is 48.5 Å². The number of amides is 1. The first kappa shape index (κ1) is 21.8. The lowest BCUT2D eigenvalue weighted by Gasteiger charge is -2.29. The van der Waals surface area contributed by atoms with Gasteiger partial charge in [0, 0.05) is 12.1 Å². The Kier molecular flexibility index (Phi) is 7.08. The van der Waals surface area contributed by atoms with Gasteiger partial charge in [-0.05, 0) is 49.9 Å². The van der Waals surface area contributed by atoms with Crippen molar-refractivity contribution in [2.75, 3.05) is 13.7 Å². The summed E-state index contributed by atoms with van der Waals surface area (Å²) in [7, 11) is 1.61. The summed E-state index contributed by atoms with van der Waals surface area (Å²) in [5.74, 6) is -0.520. The number of esters is 1. The van der Waals surface area contributed by atoms with Crippen LogP contribution in [-0.2, 0) is 26.2 Å². The summed E-state index contributed by atoms with van der Waals surface area (Å²) in [5.41, 5.74) is 0.410. The van der Waals surface area contributed by atoms with Crippen LogP contribution in [0.3, 0.4) is 0 Å². The fourth-order valence-electron chi connectivity index (χ4n) is 4.00. The van der Waals surface area contributed by atoms with Gasteiger partial charge in [-0.1, -0.05) is 43.2 Å². The second-order valence-electron chi connectivity index (χ2n) is 7.71. The molecule has 160 valence electrons. The van der Waals surface area contributed by atoms with Gasteiger partial charge < -0.3 is 14.8 Å². The molecule has 1 aliphatic carbocycles. The summed E-state index contributed by atoms with van der Waals surface area (Å²) < 4.78 is 25.1. The van der Waals surface area contributed by atoms with Crippen LogP contribution in [0.25, 0.3) is 0 Å². The minimum Gasteiger partial charge on any atom is -0.497 e. The van der Waals surface area contributed by atoms with Crippen LogP contribution in [0, 0.1) is 5.82 Å². The number of hydrogen-bond donors (Lipinski definition) is 1. The second kappa shape index (κ2) is 9.74. The summed E-state index contributed by atoms with van der Waals surface area (Å²) in [5, 5.41) is 2.80. The maximum atomic E-state index is 14.4. The van der Waals surface area contributed by atoms with Gasteiger partial charge in [-0.2, -0.15) is 0 Å². The van der Waals surface area contributed by atoms with Crippen molar-refractivity contribution in [3.63, 3.8) is 0 Å². The van der Waals surface area contributed by atoms with Crippen LogP contribution in [-0.4, -0.2) is 31.6 Å². The third-order valence-corrected chi connectivity index (χ3v) is 5.76. The molecule has 0 aliphatic heterocycles. The van der Waals surface area contributed by atoms with Crippen molar-refractivity contribution >= 4 is 11.9 Å². The molecule has 0 unspecified atom stereocenters. The van der Waals surface area contributed by atoms with Crippen LogP contribution in [0.4, 0.5) is 4.39 Å². The van der Waals surface area contributed by atoms with Crippen LogP contribution >= 0.6 is 0 Å². The molecule has 0 aromatic heterocycles. The number of halogens is 1. The smallest absolute Gasteiger partial charge is 0.317 e. The van der Waals surface area contributed by atoms with E-state index in [1.807, 2.05) is 24.3 Å². The van der Waals surface area contributed by atoms with Crippen LogP contribution < -0.4 is 10.1 Å². The Bertz CT molecular complexity index is 875. The highest BCUT2D eigenvalue weighted by Crippen LogP contribution is 2.43. The van der Waals surface area contributed by atoms with E-state index in [-0.39, 0.29) is 5.91 Å². The van der Waals surface area contributed by atoms with E-state index in [4.69, 9.17) is 9.47 Å². The Balaban J connectivity index is 1.57. The molecule has 1 aliphatic rings. The lowest BCUT2D eigenvalue weighted by molar-refractivity contribution is -0.160. The predicted octanol–water partition coefficient (Wildman–Crippen LogP) is 3.94. The van der Waals surface area contributed by atoms with Crippen LogP contribution in [0.1, 0.15) is 43.7 Å². The first-order valence-electron chi connectivity index (χ1n) is 10.3. The summed E-state index contributed by atoms with van der Waals surface area (Å²) >= 11 is 0. The maximum absolute atomic E-state index is 14.4. The van der Waals surface area contributed by atoms with Gasteiger partial charge in [0.05, 0.1) is 12.5 Å². The van der Waals surface area contributed by atoms with Crippen molar-refractivity contribution in [3.05, 3.63) is 65.5 Å². The molecule has 0 saturated heterocycles. The largest absolute Gasteiger partial charge is 0.497 e. The molecule has 1 saturated carbocycles. The standard InChI is InChI=1S/C24H28FNO4/c1-17(22(27)26-16-13-18-9-11-19(29-2)12-10-18)30-23(28)24(14-5-6-15-24)20-7-3-4-8-21(20)25/h3-4,7-12,17H,5-6,13-16H2,1-2H3,(H,26,27)/t17-/m0/s1. The van der Waals surface area contributed by atoms with Gasteiger partial charge >= 0.3 is 5.97 Å². The van der Waals surface area contributed by atoms with Gasteiger partial charge in [0.15, 0.2) is 6.10 Å². The molecule has 0 spiro atoms. The zero-order valence-corrected chi connectivity index (χ0v) is 17.4. The van der Waals surface area contributed by atoms with E-state index in [0.717, 1.165) is 24.2 Å². The molecule has 0 radical (unpaired) electrons. The number of carbonyl (C=O) groups is 2. The SMILES string of the molecule is COc1ccc(CCNC(=O)[C@H](C)OC(=O)C2(c3ccccc3F)CCCC2)cc1. The molecule has 0 bridgehead atoms. The first-order chi connectivity index (χ1) is 14.5. The van der Waals surface area contributed by atoms with E-state index in [2.05, 4.69) is 5.32 Å². The summed E-state index contributed by atoms with van der Waals surface area (Å²) in [6, 6.07) is 13.9. The second-order valence-corrected chi connectivity index (χ2v) is 7.71. The van der Waals surface area contributed by atoms with Crippen molar-refractivity contribution in [1.29, 1.82) is 0 Å². The van der Waals surface area contributed by atoms with E-state index in [1.54, 1.807) is 32.2 Å². The normalized spacial score (nSPS) is 16.0. The molecule has 2 aromatic carbocycles. The van der Waals surface area contributed by atoms with E-state index in [1.165, 1.54) is 6.07 Å². The summed E-state index contributed by atoms with van der Waals surface area (Å²) in [6.45, 7) is 1.97. The molecule has 1 fully saturated rings. The van der Waals surface area contributed by atoms with Crippen molar-refractivity contribution < 1.29 is 23.5 Å². The minimum atomic E-state index is -1.01. The molecule has 5 nitrogen and oxygen atoms in total. The number of methoxy groups -OCH3 is 1. The summed E-state index contributed by atoms with van der Waals surface area (Å²) in [4.78, 5) is 25.4. The molecule has 1 N–H and O–H groups in total. The van der Waals surface area contributed by atoms with Gasteiger partial charge in [0.2, 0.25) is 0 Å². The number of ether oxygens (including phenoxy) is 2. The monoisotopic (exact) mass is 413 g/mol. The van der Waals surface area contributed by atoms with Gasteiger partial charge in [0.25, 0.3) is 5.91 Å². The molecular formula is C24H28FNO4. The number of rotatable bonds is 8. The first-order valence-corrected chi connectivity index (χ1v) is 10.3. The zero-order chi connectivity index (χ0) is 21.6. The molecule has 1 atom stereocenters. The molecule has 2 aromatic rings. The summed E-state index contributed by atoms with van der Waals surface area (Å²) in [6.07, 6.45) is 2.40. The zero-order valence-electron chi connectivity index (χ0n) is 17.4. The van der Waals surface area contributed by atoms with Gasteiger partial charge in [0.1, 0.15) is 11.6 Å². The molecule has 30 heavy (non-hydrogen) atoms. The highest BCUT2D eigenvalue weighted by molar-refractivity contribution is 5.88. The van der Waals surface area contributed by atoms with Gasteiger partial charge in [-0.15, -0.1) is 0 Å². The van der Waals surface area contributed by atoms with E-state index in [9.17, 15) is 14.0 Å². The fraction of sp³-hybridized carbons (Fsp3) is 0.417. The van der Waals surface area contributed by atoms with E-state index < -0.39 is 23.3 Å². The number of nitrogens with one attached hydrogen (secondary N) is 1. The number of benzene rings is 2. The quantitative estimate of drug-likeness (QED) is 0.666. The fourth-order valence-corrected chi connectivity index (χ4v) is 4.00. The van der Waals surface area contributed by atoms with Crippen molar-refractivity contribution in [1.82, 2.24) is 5.32 Å². The van der Waals surface area contributed by atoms with E-state index in [0.29, 0.717) is 31.4 Å². The average Bonchev–Trinajstić information content (AvgIpc) is 3.25. The average molecular weight is 413 g/mol. The Hall–Kier alpha value is -2.89. The number of hydrogen-bond acceptors (Lipinski definition) is 4. The molecule has 3 rings (SSSR count). The minimum absolute atomic E-state index is 0.361. The topological polar surface area (TPSA) is 64.6 Å². The Labute approximate surface area is 176 Å². The maximum Gasteiger partial charge on any atom is 0.317 e. The van der Waals surface area contributed by atoms with E-state index >= 15 is 0 Å². The molecular weight excluding hydrogens is 385 g/mol. The molecule has 1 amide bonds. The van der Waals surface area contributed by atoms with Crippen molar-refractivity contribution in [2.24, 2.45) is 0 Å². The van der Waals surface area contributed by atoms with Crippen molar-refractivity contribution in [2.45, 2.75) is 50.5 Å². The highest BCUT2D eigenvalue weighted by Gasteiger charge is 2.46. The highest BCUT2D eigenvalue weighted by atomic mass is 19.1. The van der Waals surface area contributed by atoms with Crippen LogP contribution in [0.2, 0.25) is 0 Å². The predicted molar refractivity (Wildman–Crippen MR) is 112 cm³/mol. The lowest BCUT2D eigenvalue weighted by atomic mass is 9.78. The third kappa shape index (κ3) is 4.81. The number of carbonyl (C=O) groups excluding carboxylic acids is 2. The lowest BCUT2D eigenvalue weighted by Crippen LogP contribution is -2.42. The third-order valence-electron chi connectivity index (χ3n) is 5.76.